The Balaban J connectivity index is 1.64. The first-order chi connectivity index (χ1) is 13.3. The van der Waals surface area contributed by atoms with E-state index in [1.54, 1.807) is 43.2 Å². The number of hydrogen-bond donors (Lipinski definition) is 2. The lowest BCUT2D eigenvalue weighted by atomic mass is 9.81. The molecule has 0 spiro atoms. The van der Waals surface area contributed by atoms with Crippen LogP contribution in [0.15, 0.2) is 24.3 Å². The van der Waals surface area contributed by atoms with Crippen LogP contribution in [0.3, 0.4) is 0 Å². The van der Waals surface area contributed by atoms with Crippen molar-refractivity contribution < 1.29 is 19.1 Å². The van der Waals surface area contributed by atoms with Gasteiger partial charge in [-0.3, -0.25) is 19.3 Å². The molecule has 2 fully saturated rings. The molecule has 2 saturated heterocycles. The van der Waals surface area contributed by atoms with Crippen LogP contribution < -0.4 is 15.4 Å². The first-order valence-corrected chi connectivity index (χ1v) is 9.52. The number of hydrogen-bond acceptors (Lipinski definition) is 5. The molecule has 0 radical (unpaired) electrons. The summed E-state index contributed by atoms with van der Waals surface area (Å²) in [7, 11) is 1.60. The van der Waals surface area contributed by atoms with Gasteiger partial charge in [-0.05, 0) is 36.6 Å². The van der Waals surface area contributed by atoms with Crippen LogP contribution in [0.25, 0.3) is 0 Å². The highest BCUT2D eigenvalue weighted by molar-refractivity contribution is 5.92. The van der Waals surface area contributed by atoms with Crippen molar-refractivity contribution >= 4 is 23.4 Å². The molecule has 8 nitrogen and oxygen atoms in total. The molecule has 3 rings (SSSR count). The highest BCUT2D eigenvalue weighted by Gasteiger charge is 2.50. The van der Waals surface area contributed by atoms with Crippen LogP contribution in [0.2, 0.25) is 0 Å². The molecule has 2 heterocycles. The number of anilines is 1. The maximum Gasteiger partial charge on any atom is 0.238 e. The molecule has 2 aliphatic heterocycles. The molecule has 1 aromatic carbocycles. The Morgan fingerprint density at radius 1 is 1.18 bits per heavy atom. The van der Waals surface area contributed by atoms with Gasteiger partial charge in [-0.15, -0.1) is 0 Å². The van der Waals surface area contributed by atoms with Gasteiger partial charge in [-0.2, -0.15) is 0 Å². The summed E-state index contributed by atoms with van der Waals surface area (Å²) in [5, 5.41) is 5.98. The quantitative estimate of drug-likeness (QED) is 0.775. The van der Waals surface area contributed by atoms with Crippen molar-refractivity contribution in [2.75, 3.05) is 45.2 Å². The summed E-state index contributed by atoms with van der Waals surface area (Å²) in [5.74, 6) is 0.749. The van der Waals surface area contributed by atoms with E-state index in [2.05, 4.69) is 15.5 Å². The van der Waals surface area contributed by atoms with Crippen molar-refractivity contribution in [1.82, 2.24) is 15.1 Å². The first-order valence-electron chi connectivity index (χ1n) is 9.52. The predicted molar refractivity (Wildman–Crippen MR) is 105 cm³/mol. The van der Waals surface area contributed by atoms with Gasteiger partial charge in [0, 0.05) is 45.7 Å². The Bertz CT molecular complexity index is 751. The van der Waals surface area contributed by atoms with Crippen LogP contribution in [-0.4, -0.2) is 72.9 Å². The van der Waals surface area contributed by atoms with E-state index >= 15 is 0 Å². The minimum Gasteiger partial charge on any atom is -0.497 e. The number of methoxy groups -OCH3 is 1. The summed E-state index contributed by atoms with van der Waals surface area (Å²) >= 11 is 0. The largest absolute Gasteiger partial charge is 0.497 e. The fourth-order valence-electron chi connectivity index (χ4n) is 4.36. The van der Waals surface area contributed by atoms with Crippen LogP contribution in [0.4, 0.5) is 5.69 Å². The molecule has 2 N–H and O–H groups in total. The highest BCUT2D eigenvalue weighted by atomic mass is 16.5. The number of amides is 3. The van der Waals surface area contributed by atoms with E-state index in [9.17, 15) is 14.4 Å². The van der Waals surface area contributed by atoms with Gasteiger partial charge in [0.2, 0.25) is 17.7 Å². The van der Waals surface area contributed by atoms with E-state index in [1.165, 1.54) is 6.92 Å². The van der Waals surface area contributed by atoms with Crippen molar-refractivity contribution in [3.8, 4) is 5.75 Å². The maximum atomic E-state index is 12.5. The third-order valence-corrected chi connectivity index (χ3v) is 5.60. The van der Waals surface area contributed by atoms with Gasteiger partial charge >= 0.3 is 0 Å². The van der Waals surface area contributed by atoms with E-state index in [0.717, 1.165) is 18.7 Å². The smallest absolute Gasteiger partial charge is 0.238 e. The topological polar surface area (TPSA) is 91.0 Å². The predicted octanol–water partition coefficient (Wildman–Crippen LogP) is 0.693. The molecule has 0 aliphatic carbocycles. The van der Waals surface area contributed by atoms with Gasteiger partial charge < -0.3 is 20.3 Å². The monoisotopic (exact) mass is 388 g/mol. The first kappa shape index (κ1) is 20.1. The third kappa shape index (κ3) is 4.44. The van der Waals surface area contributed by atoms with Gasteiger partial charge in [-0.25, -0.2) is 0 Å². The Kier molecular flexibility index (Phi) is 5.88. The second-order valence-corrected chi connectivity index (χ2v) is 7.71. The Hall–Kier alpha value is -2.61. The van der Waals surface area contributed by atoms with E-state index in [1.807, 2.05) is 0 Å². The Labute approximate surface area is 165 Å². The second kappa shape index (κ2) is 8.18. The average Bonchev–Trinajstić information content (AvgIpc) is 2.97. The molecule has 28 heavy (non-hydrogen) atoms. The zero-order valence-electron chi connectivity index (χ0n) is 16.7. The molecule has 2 atom stereocenters. The van der Waals surface area contributed by atoms with Crippen LogP contribution >= 0.6 is 0 Å². The van der Waals surface area contributed by atoms with Crippen LogP contribution in [-0.2, 0) is 14.4 Å². The fraction of sp³-hybridized carbons (Fsp3) is 0.550. The van der Waals surface area contributed by atoms with E-state index in [-0.39, 0.29) is 30.2 Å². The standard InChI is InChI=1S/C20H28N4O4/c1-14(25)22-20-12-23(10-16(20)8-9-24(13-20)15(2)26)11-19(27)21-17-4-6-18(28-3)7-5-17/h4-7,16H,8-13H2,1-3H3,(H,21,27)(H,22,25)/t16-,20+/m1/s1. The molecule has 0 unspecified atom stereocenters. The lowest BCUT2D eigenvalue weighted by Crippen LogP contribution is -2.64. The van der Waals surface area contributed by atoms with Gasteiger partial charge in [-0.1, -0.05) is 0 Å². The molecule has 8 heteroatoms. The Morgan fingerprint density at radius 2 is 1.89 bits per heavy atom. The number of carbonyl (C=O) groups is 3. The van der Waals surface area contributed by atoms with Gasteiger partial charge in [0.25, 0.3) is 0 Å². The number of likely N-dealkylation sites (tertiary alicyclic amines) is 2. The fourth-order valence-corrected chi connectivity index (χ4v) is 4.36. The lowest BCUT2D eigenvalue weighted by Gasteiger charge is -2.44. The summed E-state index contributed by atoms with van der Waals surface area (Å²) in [6, 6.07) is 7.18. The molecule has 152 valence electrons. The summed E-state index contributed by atoms with van der Waals surface area (Å²) in [4.78, 5) is 40.0. The minimum absolute atomic E-state index is 0.0128. The van der Waals surface area contributed by atoms with Crippen LogP contribution in [0.1, 0.15) is 20.3 Å². The second-order valence-electron chi connectivity index (χ2n) is 7.71. The van der Waals surface area contributed by atoms with Gasteiger partial charge in [0.05, 0.1) is 19.2 Å². The summed E-state index contributed by atoms with van der Waals surface area (Å²) in [6.45, 7) is 5.74. The molecule has 0 saturated carbocycles. The molecule has 1 aromatic rings. The molecular formula is C20H28N4O4. The SMILES string of the molecule is COc1ccc(NC(=O)CN2C[C@H]3CCN(C(C)=O)C[C@@]3(NC(C)=O)C2)cc1. The molecular weight excluding hydrogens is 360 g/mol. The van der Waals surface area contributed by atoms with Gasteiger partial charge in [0.1, 0.15) is 5.75 Å². The lowest BCUT2D eigenvalue weighted by molar-refractivity contribution is -0.134. The zero-order valence-corrected chi connectivity index (χ0v) is 16.7. The third-order valence-electron chi connectivity index (χ3n) is 5.60. The summed E-state index contributed by atoms with van der Waals surface area (Å²) in [6.07, 6.45) is 0.816. The van der Waals surface area contributed by atoms with Crippen LogP contribution in [0, 0.1) is 5.92 Å². The zero-order chi connectivity index (χ0) is 20.3. The van der Waals surface area contributed by atoms with Crippen molar-refractivity contribution in [3.05, 3.63) is 24.3 Å². The minimum atomic E-state index is -0.490. The van der Waals surface area contributed by atoms with Crippen molar-refractivity contribution in [2.24, 2.45) is 5.92 Å². The van der Waals surface area contributed by atoms with Crippen molar-refractivity contribution in [1.29, 1.82) is 0 Å². The number of rotatable bonds is 5. The highest BCUT2D eigenvalue weighted by Crippen LogP contribution is 2.35. The van der Waals surface area contributed by atoms with Crippen molar-refractivity contribution in [3.63, 3.8) is 0 Å². The van der Waals surface area contributed by atoms with E-state index in [0.29, 0.717) is 25.3 Å². The molecule has 2 aliphatic rings. The Morgan fingerprint density at radius 3 is 2.50 bits per heavy atom. The maximum absolute atomic E-state index is 12.5. The van der Waals surface area contributed by atoms with Gasteiger partial charge in [0.15, 0.2) is 0 Å². The summed E-state index contributed by atoms with van der Waals surface area (Å²) < 4.78 is 5.12. The normalized spacial score (nSPS) is 24.4. The number of benzene rings is 1. The molecule has 0 bridgehead atoms. The summed E-state index contributed by atoms with van der Waals surface area (Å²) in [5.41, 5.74) is 0.220. The van der Waals surface area contributed by atoms with E-state index in [4.69, 9.17) is 4.74 Å². The molecule has 3 amide bonds. The number of ether oxygens (including phenoxy) is 1. The average molecular weight is 388 g/mol. The van der Waals surface area contributed by atoms with Crippen molar-refractivity contribution in [2.45, 2.75) is 25.8 Å². The number of fused-ring (bicyclic) bond motifs is 1. The molecule has 0 aromatic heterocycles. The van der Waals surface area contributed by atoms with Crippen LogP contribution in [0.5, 0.6) is 5.75 Å². The number of carbonyl (C=O) groups excluding carboxylic acids is 3. The van der Waals surface area contributed by atoms with E-state index < -0.39 is 5.54 Å². The number of nitrogens with zero attached hydrogens (tertiary/aromatic N) is 2. The number of nitrogens with one attached hydrogen (secondary N) is 2. The number of piperidine rings is 1.